The fraction of sp³-hybridized carbons (Fsp3) is 0.389. The van der Waals surface area contributed by atoms with Crippen LogP contribution in [0.15, 0.2) is 41.8 Å². The Balaban J connectivity index is 1.57. The summed E-state index contributed by atoms with van der Waals surface area (Å²) in [5.74, 6) is -0.378. The Hall–Kier alpha value is -1.69. The molecule has 0 unspecified atom stereocenters. The Morgan fingerprint density at radius 1 is 1.22 bits per heavy atom. The number of amides is 1. The first-order chi connectivity index (χ1) is 11.2. The number of nitrogens with zero attached hydrogens (tertiary/aromatic N) is 1. The van der Waals surface area contributed by atoms with E-state index in [4.69, 9.17) is 5.73 Å². The minimum absolute atomic E-state index is 0.378. The molecule has 1 aliphatic rings. The Morgan fingerprint density at radius 2 is 1.96 bits per heavy atom. The van der Waals surface area contributed by atoms with Gasteiger partial charge in [0.25, 0.3) is 0 Å². The predicted octanol–water partition coefficient (Wildman–Crippen LogP) is 2.77. The number of benzene rings is 1. The van der Waals surface area contributed by atoms with Gasteiger partial charge in [-0.05, 0) is 55.1 Å². The molecule has 0 radical (unpaired) electrons. The van der Waals surface area contributed by atoms with E-state index in [1.807, 2.05) is 23.5 Å². The second-order valence-electron chi connectivity index (χ2n) is 5.97. The van der Waals surface area contributed by atoms with Crippen molar-refractivity contribution in [1.29, 1.82) is 0 Å². The summed E-state index contributed by atoms with van der Waals surface area (Å²) in [6.45, 7) is 4.13. The first kappa shape index (κ1) is 16.2. The Bertz CT molecular complexity index is 618. The molecular weight excluding hydrogens is 306 g/mol. The van der Waals surface area contributed by atoms with E-state index in [1.165, 1.54) is 36.4 Å². The van der Waals surface area contributed by atoms with Gasteiger partial charge in [-0.3, -0.25) is 9.69 Å². The van der Waals surface area contributed by atoms with Gasteiger partial charge in [0.1, 0.15) is 0 Å². The van der Waals surface area contributed by atoms with Crippen LogP contribution in [0.5, 0.6) is 0 Å². The van der Waals surface area contributed by atoms with Crippen molar-refractivity contribution in [3.8, 4) is 0 Å². The van der Waals surface area contributed by atoms with E-state index >= 15 is 0 Å². The molecule has 1 aliphatic heterocycles. The van der Waals surface area contributed by atoms with Crippen LogP contribution in [0, 0.1) is 0 Å². The lowest BCUT2D eigenvalue weighted by Crippen LogP contribution is -2.33. The number of primary amides is 1. The van der Waals surface area contributed by atoms with Gasteiger partial charge in [-0.15, -0.1) is 11.3 Å². The Labute approximate surface area is 141 Å². The average Bonchev–Trinajstić information content (AvgIpc) is 3.26. The van der Waals surface area contributed by atoms with E-state index in [0.717, 1.165) is 13.1 Å². The molecule has 2 heterocycles. The highest BCUT2D eigenvalue weighted by atomic mass is 32.1. The van der Waals surface area contributed by atoms with Crippen molar-refractivity contribution in [1.82, 2.24) is 10.2 Å². The first-order valence-corrected chi connectivity index (χ1v) is 8.99. The van der Waals surface area contributed by atoms with Crippen LogP contribution in [0.1, 0.15) is 39.7 Å². The van der Waals surface area contributed by atoms with Crippen molar-refractivity contribution in [2.75, 3.05) is 19.6 Å². The summed E-state index contributed by atoms with van der Waals surface area (Å²) in [6.07, 6.45) is 2.60. The summed E-state index contributed by atoms with van der Waals surface area (Å²) in [7, 11) is 0. The standard InChI is InChI=1S/C18H23N3OS/c19-18(22)15-7-5-14(6-8-15)12-20-13-16(17-4-3-11-23-17)21-9-1-2-10-21/h3-8,11,16,20H,1-2,9-10,12-13H2,(H2,19,22)/t16-/m0/s1. The molecule has 1 atom stereocenters. The fourth-order valence-electron chi connectivity index (χ4n) is 3.08. The highest BCUT2D eigenvalue weighted by molar-refractivity contribution is 7.10. The van der Waals surface area contributed by atoms with Gasteiger partial charge in [-0.25, -0.2) is 0 Å². The highest BCUT2D eigenvalue weighted by Gasteiger charge is 2.23. The van der Waals surface area contributed by atoms with Crippen LogP contribution in [-0.2, 0) is 6.54 Å². The number of nitrogens with one attached hydrogen (secondary N) is 1. The minimum atomic E-state index is -0.378. The van der Waals surface area contributed by atoms with Crippen molar-refractivity contribution in [3.05, 3.63) is 57.8 Å². The summed E-state index contributed by atoms with van der Waals surface area (Å²) < 4.78 is 0. The maximum Gasteiger partial charge on any atom is 0.248 e. The minimum Gasteiger partial charge on any atom is -0.366 e. The molecular formula is C18H23N3OS. The lowest BCUT2D eigenvalue weighted by atomic mass is 10.1. The molecule has 2 aromatic rings. The molecule has 3 N–H and O–H groups in total. The van der Waals surface area contributed by atoms with Crippen LogP contribution in [0.4, 0.5) is 0 Å². The summed E-state index contributed by atoms with van der Waals surface area (Å²) in [5.41, 5.74) is 6.99. The van der Waals surface area contributed by atoms with Crippen molar-refractivity contribution >= 4 is 17.2 Å². The summed E-state index contributed by atoms with van der Waals surface area (Å²) >= 11 is 1.84. The molecule has 3 rings (SSSR count). The Morgan fingerprint density at radius 3 is 2.57 bits per heavy atom. The molecule has 1 fully saturated rings. The van der Waals surface area contributed by atoms with E-state index in [9.17, 15) is 4.79 Å². The number of carbonyl (C=O) groups is 1. The second-order valence-corrected chi connectivity index (χ2v) is 6.95. The number of rotatable bonds is 7. The van der Waals surface area contributed by atoms with Crippen LogP contribution in [0.25, 0.3) is 0 Å². The highest BCUT2D eigenvalue weighted by Crippen LogP contribution is 2.27. The van der Waals surface area contributed by atoms with Crippen molar-refractivity contribution < 1.29 is 4.79 Å². The van der Waals surface area contributed by atoms with Crippen LogP contribution >= 0.6 is 11.3 Å². The topological polar surface area (TPSA) is 58.4 Å². The third-order valence-electron chi connectivity index (χ3n) is 4.36. The molecule has 5 heteroatoms. The van der Waals surface area contributed by atoms with Gasteiger partial charge in [0.05, 0.1) is 6.04 Å². The summed E-state index contributed by atoms with van der Waals surface area (Å²) in [6, 6.07) is 12.3. The van der Waals surface area contributed by atoms with E-state index in [-0.39, 0.29) is 5.91 Å². The molecule has 4 nitrogen and oxygen atoms in total. The number of carbonyl (C=O) groups excluding carboxylic acids is 1. The SMILES string of the molecule is NC(=O)c1ccc(CNC[C@@H](c2cccs2)N2CCCC2)cc1. The molecule has 0 bridgehead atoms. The van der Waals surface area contributed by atoms with E-state index in [1.54, 1.807) is 12.1 Å². The van der Waals surface area contributed by atoms with Gasteiger partial charge in [-0.2, -0.15) is 0 Å². The molecule has 1 aromatic heterocycles. The zero-order chi connectivity index (χ0) is 16.1. The third-order valence-corrected chi connectivity index (χ3v) is 5.33. The van der Waals surface area contributed by atoms with Gasteiger partial charge in [0.15, 0.2) is 0 Å². The van der Waals surface area contributed by atoms with Gasteiger partial charge in [0, 0.05) is 23.5 Å². The quantitative estimate of drug-likeness (QED) is 0.821. The molecule has 1 amide bonds. The van der Waals surface area contributed by atoms with E-state index in [0.29, 0.717) is 11.6 Å². The van der Waals surface area contributed by atoms with Gasteiger partial charge < -0.3 is 11.1 Å². The molecule has 1 saturated heterocycles. The first-order valence-electron chi connectivity index (χ1n) is 8.11. The molecule has 0 aliphatic carbocycles. The zero-order valence-corrected chi connectivity index (χ0v) is 14.0. The number of likely N-dealkylation sites (tertiary alicyclic amines) is 1. The fourth-order valence-corrected chi connectivity index (χ4v) is 3.94. The summed E-state index contributed by atoms with van der Waals surface area (Å²) in [5, 5.41) is 5.72. The predicted molar refractivity (Wildman–Crippen MR) is 94.5 cm³/mol. The number of thiophene rings is 1. The number of nitrogens with two attached hydrogens (primary N) is 1. The van der Waals surface area contributed by atoms with Crippen LogP contribution in [0.3, 0.4) is 0 Å². The lowest BCUT2D eigenvalue weighted by Gasteiger charge is -2.27. The average molecular weight is 329 g/mol. The van der Waals surface area contributed by atoms with Crippen LogP contribution in [-0.4, -0.2) is 30.4 Å². The van der Waals surface area contributed by atoms with E-state index in [2.05, 4.69) is 27.7 Å². The van der Waals surface area contributed by atoms with Gasteiger partial charge >= 0.3 is 0 Å². The summed E-state index contributed by atoms with van der Waals surface area (Å²) in [4.78, 5) is 15.1. The molecule has 122 valence electrons. The van der Waals surface area contributed by atoms with E-state index < -0.39 is 0 Å². The van der Waals surface area contributed by atoms with Crippen molar-refractivity contribution in [2.24, 2.45) is 5.73 Å². The Kier molecular flexibility index (Phi) is 5.43. The normalized spacial score (nSPS) is 16.5. The van der Waals surface area contributed by atoms with Gasteiger partial charge in [-0.1, -0.05) is 18.2 Å². The molecule has 0 saturated carbocycles. The largest absolute Gasteiger partial charge is 0.366 e. The molecule has 0 spiro atoms. The third kappa shape index (κ3) is 4.19. The number of hydrogen-bond donors (Lipinski definition) is 2. The smallest absolute Gasteiger partial charge is 0.248 e. The molecule has 1 aromatic carbocycles. The zero-order valence-electron chi connectivity index (χ0n) is 13.2. The lowest BCUT2D eigenvalue weighted by molar-refractivity contribution is 0.100. The van der Waals surface area contributed by atoms with Crippen LogP contribution in [0.2, 0.25) is 0 Å². The maximum absolute atomic E-state index is 11.1. The van der Waals surface area contributed by atoms with Gasteiger partial charge in [0.2, 0.25) is 5.91 Å². The second kappa shape index (κ2) is 7.73. The molecule has 23 heavy (non-hydrogen) atoms. The van der Waals surface area contributed by atoms with Crippen molar-refractivity contribution in [3.63, 3.8) is 0 Å². The monoisotopic (exact) mass is 329 g/mol. The van der Waals surface area contributed by atoms with Crippen LogP contribution < -0.4 is 11.1 Å². The van der Waals surface area contributed by atoms with Crippen molar-refractivity contribution in [2.45, 2.75) is 25.4 Å². The maximum atomic E-state index is 11.1. The number of hydrogen-bond acceptors (Lipinski definition) is 4.